The van der Waals surface area contributed by atoms with E-state index in [9.17, 15) is 13.2 Å². The third-order valence-electron chi connectivity index (χ3n) is 11.9. The van der Waals surface area contributed by atoms with Gasteiger partial charge in [-0.1, -0.05) is 19.2 Å². The van der Waals surface area contributed by atoms with Gasteiger partial charge in [-0.3, -0.25) is 4.79 Å². The topological polar surface area (TPSA) is 131 Å². The maximum atomic E-state index is 13.8. The maximum absolute atomic E-state index is 13.8. The number of amides is 1. The van der Waals surface area contributed by atoms with E-state index in [0.717, 1.165) is 31.3 Å². The number of aromatic nitrogens is 4. The van der Waals surface area contributed by atoms with Gasteiger partial charge in [-0.15, -0.1) is 5.10 Å². The molecule has 5 aliphatic rings. The number of nitrogens with one attached hydrogen (secondary N) is 2. The summed E-state index contributed by atoms with van der Waals surface area (Å²) in [6.07, 6.45) is 9.46. The smallest absolute Gasteiger partial charge is 0.281 e. The molecule has 8 rings (SSSR count). The first kappa shape index (κ1) is 29.9. The van der Waals surface area contributed by atoms with Crippen molar-refractivity contribution in [2.24, 2.45) is 16.7 Å². The lowest BCUT2D eigenvalue weighted by Gasteiger charge is -2.34. The molecule has 3 aromatic rings. The summed E-state index contributed by atoms with van der Waals surface area (Å²) in [7, 11) is -6.01. The lowest BCUT2D eigenvalue weighted by molar-refractivity contribution is 0.0981. The van der Waals surface area contributed by atoms with Gasteiger partial charge in [0, 0.05) is 30.9 Å². The molecule has 3 saturated carbocycles. The van der Waals surface area contributed by atoms with E-state index in [1.165, 1.54) is 31.7 Å². The van der Waals surface area contributed by atoms with Crippen LogP contribution in [0.4, 0.5) is 11.6 Å². The van der Waals surface area contributed by atoms with Gasteiger partial charge in [0.1, 0.15) is 11.6 Å². The highest BCUT2D eigenvalue weighted by atomic mass is 32.2. The number of sulfonamides is 1. The Morgan fingerprint density at radius 3 is 2.54 bits per heavy atom. The molecular weight excluding hydrogens is 619 g/mol. The van der Waals surface area contributed by atoms with Crippen LogP contribution in [0.2, 0.25) is 24.7 Å². The molecular formula is C33H43N7O4SSi. The number of pyridine rings is 2. The van der Waals surface area contributed by atoms with Gasteiger partial charge in [0.25, 0.3) is 15.9 Å². The first-order chi connectivity index (χ1) is 21.8. The van der Waals surface area contributed by atoms with Crippen molar-refractivity contribution in [1.29, 1.82) is 0 Å². The molecule has 2 aliphatic heterocycles. The Morgan fingerprint density at radius 2 is 1.80 bits per heavy atom. The number of hydrogen-bond acceptors (Lipinski definition) is 9. The van der Waals surface area contributed by atoms with Crippen molar-refractivity contribution in [3.63, 3.8) is 0 Å². The third kappa shape index (κ3) is 4.83. The zero-order chi connectivity index (χ0) is 32.1. The van der Waals surface area contributed by atoms with Crippen molar-refractivity contribution in [1.82, 2.24) is 24.5 Å². The minimum atomic E-state index is -4.24. The summed E-state index contributed by atoms with van der Waals surface area (Å²) in [5.41, 5.74) is 1.67. The van der Waals surface area contributed by atoms with Gasteiger partial charge < -0.3 is 15.0 Å². The molecule has 3 aliphatic carbocycles. The van der Waals surface area contributed by atoms with Crippen LogP contribution < -0.4 is 19.7 Å². The molecule has 244 valence electrons. The zero-order valence-corrected chi connectivity index (χ0v) is 28.9. The molecule has 46 heavy (non-hydrogen) atoms. The van der Waals surface area contributed by atoms with Crippen molar-refractivity contribution in [2.45, 2.75) is 87.6 Å². The monoisotopic (exact) mass is 661 g/mol. The summed E-state index contributed by atoms with van der Waals surface area (Å²) in [5, 5.41) is 7.78. The largest absolute Gasteiger partial charge is 0.477 e. The number of nitrogens with zero attached hydrogens (tertiary/aromatic N) is 5. The average molecular weight is 662 g/mol. The molecule has 2 N–H and O–H groups in total. The fraction of sp³-hybridized carbons (Fsp3) is 0.576. The standard InChI is InChI=1S/C33H43N7O4SSi/c1-31(2)20-22-21-39(31)29-23(30(41)38-45(42,43)28-7-5-6-25(35-28)34-16-19-46(22,3)4)8-9-26(36-29)40-17-10-27(37-40)44-18-11-24-32(12-13-32)33(24)14-15-33/h5-10,17,22,24H,11-16,18-21H2,1-4H3,(H,34,35)(H,38,41). The van der Waals surface area contributed by atoms with Crippen LogP contribution in [0.5, 0.6) is 5.88 Å². The molecule has 2 spiro atoms. The highest BCUT2D eigenvalue weighted by Crippen LogP contribution is 2.93. The molecule has 5 heterocycles. The molecule has 4 bridgehead atoms. The van der Waals surface area contributed by atoms with E-state index < -0.39 is 24.0 Å². The van der Waals surface area contributed by atoms with E-state index in [1.807, 2.05) is 12.3 Å². The number of carbonyl (C=O) groups excluding carboxylic acids is 1. The summed E-state index contributed by atoms with van der Waals surface area (Å²) in [4.78, 5) is 25.3. The van der Waals surface area contributed by atoms with Crippen molar-refractivity contribution in [2.75, 3.05) is 29.9 Å². The van der Waals surface area contributed by atoms with Gasteiger partial charge in [-0.05, 0) is 105 Å². The SMILES string of the molecule is CC1(C)CC2CN1c1nc(-n3ccc(OCCC4C5(CC5)C45CC5)n3)ccc1C(=O)NS(=O)(=O)c1cccc(n1)NCC[Si]2(C)C. The molecule has 0 aromatic carbocycles. The van der Waals surface area contributed by atoms with E-state index in [0.29, 0.717) is 52.9 Å². The van der Waals surface area contributed by atoms with Crippen LogP contribution in [0.1, 0.15) is 62.7 Å². The Bertz CT molecular complexity index is 1810. The zero-order valence-electron chi connectivity index (χ0n) is 27.0. The van der Waals surface area contributed by atoms with E-state index in [4.69, 9.17) is 9.72 Å². The van der Waals surface area contributed by atoms with Gasteiger partial charge in [0.15, 0.2) is 10.8 Å². The fourth-order valence-electron chi connectivity index (χ4n) is 8.85. The lowest BCUT2D eigenvalue weighted by atomic mass is 10.0. The van der Waals surface area contributed by atoms with Crippen molar-refractivity contribution < 1.29 is 17.9 Å². The minimum absolute atomic E-state index is 0.195. The number of carbonyl (C=O) groups is 1. The Kier molecular flexibility index (Phi) is 6.52. The molecule has 3 aromatic heterocycles. The van der Waals surface area contributed by atoms with Gasteiger partial charge in [0.05, 0.1) is 20.2 Å². The van der Waals surface area contributed by atoms with Crippen LogP contribution in [-0.2, 0) is 10.0 Å². The van der Waals surface area contributed by atoms with E-state index >= 15 is 0 Å². The predicted molar refractivity (Wildman–Crippen MR) is 178 cm³/mol. The number of hydrogen-bond donors (Lipinski definition) is 2. The van der Waals surface area contributed by atoms with Crippen LogP contribution >= 0.6 is 0 Å². The molecule has 0 radical (unpaired) electrons. The van der Waals surface area contributed by atoms with E-state index in [1.54, 1.807) is 28.9 Å². The quantitative estimate of drug-likeness (QED) is 0.353. The highest BCUT2D eigenvalue weighted by Gasteiger charge is 2.85. The van der Waals surface area contributed by atoms with Gasteiger partial charge >= 0.3 is 0 Å². The van der Waals surface area contributed by atoms with E-state index in [-0.39, 0.29) is 16.1 Å². The van der Waals surface area contributed by atoms with E-state index in [2.05, 4.69) is 52.0 Å². The normalized spacial score (nSPS) is 26.0. The molecule has 13 heteroatoms. The van der Waals surface area contributed by atoms with Crippen molar-refractivity contribution in [3.8, 4) is 11.7 Å². The summed E-state index contributed by atoms with van der Waals surface area (Å²) >= 11 is 0. The molecule has 1 unspecified atom stereocenters. The number of rotatable bonds is 5. The molecule has 11 nitrogen and oxygen atoms in total. The van der Waals surface area contributed by atoms with Gasteiger partial charge in [0.2, 0.25) is 5.88 Å². The molecule has 4 fully saturated rings. The second-order valence-corrected chi connectivity index (χ2v) is 22.3. The molecule has 1 amide bonds. The van der Waals surface area contributed by atoms with Gasteiger partial charge in [-0.25, -0.2) is 19.4 Å². The summed E-state index contributed by atoms with van der Waals surface area (Å²) < 4.78 is 36.7. The number of ether oxygens (including phenoxy) is 1. The first-order valence-electron chi connectivity index (χ1n) is 16.6. The first-order valence-corrected chi connectivity index (χ1v) is 21.4. The lowest BCUT2D eigenvalue weighted by Crippen LogP contribution is -2.41. The van der Waals surface area contributed by atoms with Crippen LogP contribution in [0.3, 0.4) is 0 Å². The average Bonchev–Trinajstić information content (AvgIpc) is 3.96. The van der Waals surface area contributed by atoms with Crippen molar-refractivity contribution in [3.05, 3.63) is 48.2 Å². The third-order valence-corrected chi connectivity index (χ3v) is 17.3. The van der Waals surface area contributed by atoms with Crippen LogP contribution in [0.15, 0.2) is 47.6 Å². The van der Waals surface area contributed by atoms with Crippen LogP contribution in [-0.4, -0.2) is 67.4 Å². The highest BCUT2D eigenvalue weighted by molar-refractivity contribution is 7.90. The second kappa shape index (κ2) is 10.0. The molecule has 1 atom stereocenters. The fourth-order valence-corrected chi connectivity index (χ4v) is 12.7. The number of anilines is 2. The number of fused-ring (bicyclic) bond motifs is 7. The maximum Gasteiger partial charge on any atom is 0.281 e. The Balaban J connectivity index is 1.10. The minimum Gasteiger partial charge on any atom is -0.477 e. The summed E-state index contributed by atoms with van der Waals surface area (Å²) in [5.74, 6) is 2.09. The second-order valence-electron chi connectivity index (χ2n) is 15.4. The van der Waals surface area contributed by atoms with Crippen molar-refractivity contribution >= 4 is 35.6 Å². The van der Waals surface area contributed by atoms with Gasteiger partial charge in [-0.2, -0.15) is 8.42 Å². The van der Waals surface area contributed by atoms with Crippen LogP contribution in [0, 0.1) is 16.7 Å². The summed E-state index contributed by atoms with van der Waals surface area (Å²) in [6.45, 7) is 11.3. The Labute approximate surface area is 271 Å². The summed E-state index contributed by atoms with van der Waals surface area (Å²) in [6, 6.07) is 11.0. The van der Waals surface area contributed by atoms with Crippen LogP contribution in [0.25, 0.3) is 5.82 Å². The molecule has 1 saturated heterocycles. The Morgan fingerprint density at radius 1 is 1.04 bits per heavy atom. The predicted octanol–water partition coefficient (Wildman–Crippen LogP) is 5.23. The Hall–Kier alpha value is -3.45.